The second-order valence-corrected chi connectivity index (χ2v) is 9.77. The molecule has 1 N–H and O–H groups in total. The summed E-state index contributed by atoms with van der Waals surface area (Å²) in [6, 6.07) is 0. The number of aliphatic hydroxyl groups is 1. The van der Waals surface area contributed by atoms with Gasteiger partial charge in [0, 0.05) is 12.3 Å². The van der Waals surface area contributed by atoms with Crippen molar-refractivity contribution in [1.82, 2.24) is 0 Å². The molecule has 0 aromatic heterocycles. The van der Waals surface area contributed by atoms with Gasteiger partial charge in [0.15, 0.2) is 11.4 Å². The first-order valence-electron chi connectivity index (χ1n) is 10.4. The van der Waals surface area contributed by atoms with E-state index in [1.165, 1.54) is 12.5 Å². The number of ketones is 1. The minimum Gasteiger partial charge on any atom is -0.451 e. The van der Waals surface area contributed by atoms with Crippen molar-refractivity contribution in [3.63, 3.8) is 0 Å². The monoisotopic (exact) mass is 372 g/mol. The number of hydrogen-bond acceptors (Lipinski definition) is 4. The largest absolute Gasteiger partial charge is 0.451 e. The number of allylic oxidation sites excluding steroid dienone is 3. The van der Waals surface area contributed by atoms with Gasteiger partial charge in [-0.3, -0.25) is 9.59 Å². The normalized spacial score (nSPS) is 48.1. The van der Waals surface area contributed by atoms with Crippen LogP contribution in [0.1, 0.15) is 66.2 Å². The predicted octanol–water partition coefficient (Wildman–Crippen LogP) is 3.98. The van der Waals surface area contributed by atoms with E-state index < -0.39 is 5.60 Å². The third kappa shape index (κ3) is 2.45. The van der Waals surface area contributed by atoms with Gasteiger partial charge in [0.2, 0.25) is 0 Å². The number of rotatable bonds is 2. The first kappa shape index (κ1) is 18.9. The third-order valence-electron chi connectivity index (χ3n) is 8.65. The Hall–Kier alpha value is -1.42. The molecule has 4 aliphatic carbocycles. The van der Waals surface area contributed by atoms with Gasteiger partial charge in [-0.05, 0) is 74.2 Å². The van der Waals surface area contributed by atoms with Gasteiger partial charge < -0.3 is 9.84 Å². The molecule has 0 spiro atoms. The molecule has 0 aromatic carbocycles. The molecule has 0 bridgehead atoms. The van der Waals surface area contributed by atoms with Gasteiger partial charge in [0.25, 0.3) is 0 Å². The molecule has 148 valence electrons. The summed E-state index contributed by atoms with van der Waals surface area (Å²) in [6.07, 6.45) is 11.6. The fourth-order valence-electron chi connectivity index (χ4n) is 7.20. The van der Waals surface area contributed by atoms with Crippen molar-refractivity contribution in [1.29, 1.82) is 0 Å². The number of carbonyl (C=O) groups is 2. The molecule has 2 saturated carbocycles. The molecule has 0 aromatic rings. The third-order valence-corrected chi connectivity index (χ3v) is 8.65. The van der Waals surface area contributed by atoms with Gasteiger partial charge in [-0.25, -0.2) is 0 Å². The van der Waals surface area contributed by atoms with Gasteiger partial charge in [-0.2, -0.15) is 0 Å². The molecule has 2 fully saturated rings. The Morgan fingerprint density at radius 1 is 1.07 bits per heavy atom. The SMILES string of the molecule is CC(=O)O[C@]1(C(C)=O)CC[C@H]2[C@@H]3C=CC4=CC(O)CC[C@]4(C)[C@H]3CC[C@@]21C. The topological polar surface area (TPSA) is 63.6 Å². The van der Waals surface area contributed by atoms with E-state index >= 15 is 0 Å². The Labute approximate surface area is 162 Å². The molecular formula is C23H32O4. The summed E-state index contributed by atoms with van der Waals surface area (Å²) < 4.78 is 5.80. The Bertz CT molecular complexity index is 737. The van der Waals surface area contributed by atoms with Crippen molar-refractivity contribution in [3.8, 4) is 0 Å². The molecule has 0 heterocycles. The molecule has 0 saturated heterocycles. The summed E-state index contributed by atoms with van der Waals surface area (Å²) in [7, 11) is 0. The van der Waals surface area contributed by atoms with Gasteiger partial charge in [-0.1, -0.05) is 32.1 Å². The highest BCUT2D eigenvalue weighted by Gasteiger charge is 2.67. The Morgan fingerprint density at radius 2 is 1.78 bits per heavy atom. The summed E-state index contributed by atoms with van der Waals surface area (Å²) in [4.78, 5) is 24.6. The summed E-state index contributed by atoms with van der Waals surface area (Å²) in [6.45, 7) is 7.54. The van der Waals surface area contributed by atoms with Gasteiger partial charge in [-0.15, -0.1) is 0 Å². The molecule has 0 radical (unpaired) electrons. The minimum atomic E-state index is -0.970. The van der Waals surface area contributed by atoms with Crippen molar-refractivity contribution in [2.75, 3.05) is 0 Å². The quantitative estimate of drug-likeness (QED) is 0.745. The molecule has 4 nitrogen and oxygen atoms in total. The van der Waals surface area contributed by atoms with Crippen LogP contribution in [0, 0.1) is 28.6 Å². The van der Waals surface area contributed by atoms with E-state index in [-0.39, 0.29) is 28.7 Å². The number of aliphatic hydroxyl groups excluding tert-OH is 1. The molecule has 4 rings (SSSR count). The van der Waals surface area contributed by atoms with Crippen LogP contribution in [-0.2, 0) is 14.3 Å². The number of esters is 1. The van der Waals surface area contributed by atoms with Crippen LogP contribution >= 0.6 is 0 Å². The van der Waals surface area contributed by atoms with Gasteiger partial charge >= 0.3 is 5.97 Å². The van der Waals surface area contributed by atoms with Crippen LogP contribution in [0.25, 0.3) is 0 Å². The zero-order valence-electron chi connectivity index (χ0n) is 17.0. The first-order valence-corrected chi connectivity index (χ1v) is 10.4. The van der Waals surface area contributed by atoms with Crippen LogP contribution in [-0.4, -0.2) is 28.6 Å². The molecule has 4 heteroatoms. The fraction of sp³-hybridized carbons (Fsp3) is 0.739. The molecule has 1 unspecified atom stereocenters. The number of hydrogen-bond donors (Lipinski definition) is 1. The van der Waals surface area contributed by atoms with E-state index in [9.17, 15) is 14.7 Å². The van der Waals surface area contributed by atoms with Crippen molar-refractivity contribution < 1.29 is 19.4 Å². The van der Waals surface area contributed by atoms with E-state index in [1.54, 1.807) is 6.92 Å². The average Bonchev–Trinajstić information content (AvgIpc) is 2.89. The highest BCUT2D eigenvalue weighted by Crippen LogP contribution is 2.67. The average molecular weight is 373 g/mol. The zero-order chi connectivity index (χ0) is 19.6. The molecule has 0 aliphatic heterocycles. The second kappa shape index (κ2) is 6.04. The Morgan fingerprint density at radius 3 is 2.44 bits per heavy atom. The van der Waals surface area contributed by atoms with Crippen LogP contribution in [0.3, 0.4) is 0 Å². The maximum Gasteiger partial charge on any atom is 0.303 e. The van der Waals surface area contributed by atoms with Crippen LogP contribution in [0.4, 0.5) is 0 Å². The van der Waals surface area contributed by atoms with E-state index in [4.69, 9.17) is 4.74 Å². The summed E-state index contributed by atoms with van der Waals surface area (Å²) in [5.41, 5.74) is 0.106. The lowest BCUT2D eigenvalue weighted by Gasteiger charge is -2.57. The molecule has 0 amide bonds. The maximum absolute atomic E-state index is 12.7. The van der Waals surface area contributed by atoms with Gasteiger partial charge in [0.05, 0.1) is 6.10 Å². The standard InChI is InChI=1S/C23H32O4/c1-14(24)23(27-15(2)25)12-9-20-18-6-5-16-13-17(26)7-10-21(16,3)19(18)8-11-22(20,23)4/h5-6,13,17-20,26H,7-12H2,1-4H3/t17?,18-,19+,20+,21+,22+,23+/m1/s1. The van der Waals surface area contributed by atoms with E-state index in [0.717, 1.165) is 32.1 Å². The summed E-state index contributed by atoms with van der Waals surface area (Å²) in [5, 5.41) is 10.1. The smallest absolute Gasteiger partial charge is 0.303 e. The van der Waals surface area contributed by atoms with E-state index in [1.807, 2.05) is 6.08 Å². The van der Waals surface area contributed by atoms with Gasteiger partial charge in [0.1, 0.15) is 0 Å². The first-order chi connectivity index (χ1) is 12.6. The van der Waals surface area contributed by atoms with E-state index in [0.29, 0.717) is 24.2 Å². The lowest BCUT2D eigenvalue weighted by atomic mass is 9.48. The van der Waals surface area contributed by atoms with Crippen LogP contribution in [0.2, 0.25) is 0 Å². The minimum absolute atomic E-state index is 0.00600. The molecule has 27 heavy (non-hydrogen) atoms. The summed E-state index contributed by atoms with van der Waals surface area (Å²) in [5.74, 6) is 0.915. The summed E-state index contributed by atoms with van der Waals surface area (Å²) >= 11 is 0. The van der Waals surface area contributed by atoms with Crippen LogP contribution < -0.4 is 0 Å². The highest BCUT2D eigenvalue weighted by molar-refractivity contribution is 5.89. The predicted molar refractivity (Wildman–Crippen MR) is 103 cm³/mol. The zero-order valence-corrected chi connectivity index (χ0v) is 17.0. The lowest BCUT2D eigenvalue weighted by molar-refractivity contribution is -0.185. The van der Waals surface area contributed by atoms with Crippen LogP contribution in [0.5, 0.6) is 0 Å². The Kier molecular flexibility index (Phi) is 4.23. The molecule has 4 aliphatic rings. The molecular weight excluding hydrogens is 340 g/mol. The maximum atomic E-state index is 12.7. The number of Topliss-reactive ketones (excluding diaryl/α,β-unsaturated/α-hetero) is 1. The lowest BCUT2D eigenvalue weighted by Crippen LogP contribution is -2.58. The van der Waals surface area contributed by atoms with Crippen LogP contribution in [0.15, 0.2) is 23.8 Å². The fourth-order valence-corrected chi connectivity index (χ4v) is 7.20. The number of carbonyl (C=O) groups excluding carboxylic acids is 2. The highest BCUT2D eigenvalue weighted by atomic mass is 16.6. The number of ether oxygens (including phenoxy) is 1. The Balaban J connectivity index is 1.74. The van der Waals surface area contributed by atoms with Crippen molar-refractivity contribution in [2.45, 2.75) is 77.9 Å². The van der Waals surface area contributed by atoms with E-state index in [2.05, 4.69) is 26.0 Å². The van der Waals surface area contributed by atoms with Crippen molar-refractivity contribution in [2.24, 2.45) is 28.6 Å². The molecule has 7 atom stereocenters. The second-order valence-electron chi connectivity index (χ2n) is 9.77. The number of fused-ring (bicyclic) bond motifs is 5. The van der Waals surface area contributed by atoms with Crippen molar-refractivity contribution >= 4 is 11.8 Å². The van der Waals surface area contributed by atoms with Crippen molar-refractivity contribution in [3.05, 3.63) is 23.8 Å².